The van der Waals surface area contributed by atoms with Crippen molar-refractivity contribution in [3.05, 3.63) is 38.5 Å². The van der Waals surface area contributed by atoms with Gasteiger partial charge in [-0.1, -0.05) is 23.2 Å². The number of hydrogen-bond acceptors (Lipinski definition) is 5. The van der Waals surface area contributed by atoms with E-state index < -0.39 is 15.9 Å². The number of amides is 1. The molecular weight excluding hydrogens is 407 g/mol. The first kappa shape index (κ1) is 20.0. The minimum absolute atomic E-state index is 0.0356. The number of anilines is 1. The Labute approximate surface area is 160 Å². The van der Waals surface area contributed by atoms with E-state index in [1.165, 1.54) is 32.3 Å². The third kappa shape index (κ3) is 4.45. The lowest BCUT2D eigenvalue weighted by Gasteiger charge is -2.16. The van der Waals surface area contributed by atoms with E-state index in [0.717, 1.165) is 15.6 Å². The van der Waals surface area contributed by atoms with Crippen molar-refractivity contribution in [2.75, 3.05) is 26.0 Å². The molecule has 0 aliphatic carbocycles. The Bertz CT molecular complexity index is 895. The molecule has 2 rings (SSSR count). The van der Waals surface area contributed by atoms with Crippen LogP contribution in [-0.4, -0.2) is 39.3 Å². The van der Waals surface area contributed by atoms with Gasteiger partial charge in [-0.3, -0.25) is 4.79 Å². The molecule has 136 valence electrons. The summed E-state index contributed by atoms with van der Waals surface area (Å²) in [5, 5.41) is 2.62. The third-order valence-electron chi connectivity index (χ3n) is 3.16. The fourth-order valence-electron chi connectivity index (χ4n) is 1.95. The molecule has 1 N–H and O–H groups in total. The first-order valence-electron chi connectivity index (χ1n) is 7.12. The number of nitrogens with zero attached hydrogens (tertiary/aromatic N) is 1. The van der Waals surface area contributed by atoms with Crippen molar-refractivity contribution in [1.29, 1.82) is 0 Å². The molecule has 1 aromatic carbocycles. The molecule has 0 bridgehead atoms. The van der Waals surface area contributed by atoms with Crippen LogP contribution in [0.15, 0.2) is 29.2 Å². The lowest BCUT2D eigenvalue weighted by atomic mass is 10.2. The first-order chi connectivity index (χ1) is 11.7. The summed E-state index contributed by atoms with van der Waals surface area (Å²) >= 11 is 12.9. The monoisotopic (exact) mass is 422 g/mol. The zero-order valence-corrected chi connectivity index (χ0v) is 16.8. The van der Waals surface area contributed by atoms with E-state index >= 15 is 0 Å². The van der Waals surface area contributed by atoms with Crippen LogP contribution in [0.5, 0.6) is 5.75 Å². The van der Waals surface area contributed by atoms with Crippen molar-refractivity contribution >= 4 is 56.2 Å². The predicted octanol–water partition coefficient (Wildman–Crippen LogP) is 3.96. The average molecular weight is 423 g/mol. The quantitative estimate of drug-likeness (QED) is 0.763. The van der Waals surface area contributed by atoms with Crippen LogP contribution in [0.25, 0.3) is 0 Å². The van der Waals surface area contributed by atoms with Gasteiger partial charge in [0, 0.05) is 19.8 Å². The number of carbonyl (C=O) groups excluding carboxylic acids is 1. The number of halogens is 2. The molecule has 0 atom stereocenters. The van der Waals surface area contributed by atoms with Gasteiger partial charge >= 0.3 is 0 Å². The number of carbonyl (C=O) groups is 1. The fraction of sp³-hybridized carbons (Fsp3) is 0.267. The number of rotatable bonds is 6. The van der Waals surface area contributed by atoms with E-state index in [2.05, 4.69) is 5.32 Å². The molecule has 0 unspecified atom stereocenters. The molecule has 0 spiro atoms. The molecule has 0 aliphatic rings. The van der Waals surface area contributed by atoms with Gasteiger partial charge in [-0.15, -0.1) is 11.3 Å². The summed E-state index contributed by atoms with van der Waals surface area (Å²) in [4.78, 5) is 12.3. The van der Waals surface area contributed by atoms with Crippen LogP contribution in [0.2, 0.25) is 8.67 Å². The highest BCUT2D eigenvalue weighted by Crippen LogP contribution is 2.33. The van der Waals surface area contributed by atoms with Crippen molar-refractivity contribution < 1.29 is 17.9 Å². The van der Waals surface area contributed by atoms with Crippen LogP contribution in [0.4, 0.5) is 5.69 Å². The number of nitrogens with one attached hydrogen (secondary N) is 1. The summed E-state index contributed by atoms with van der Waals surface area (Å²) in [6, 6.07) is 5.85. The van der Waals surface area contributed by atoms with E-state index in [1.807, 2.05) is 0 Å². The molecule has 1 amide bonds. The van der Waals surface area contributed by atoms with Crippen LogP contribution in [-0.2, 0) is 10.0 Å². The zero-order chi connectivity index (χ0) is 18.8. The third-order valence-corrected chi connectivity index (χ3v) is 6.49. The number of benzene rings is 1. The number of thiophene rings is 1. The van der Waals surface area contributed by atoms with Gasteiger partial charge in [-0.05, 0) is 31.2 Å². The highest BCUT2D eigenvalue weighted by Gasteiger charge is 2.23. The van der Waals surface area contributed by atoms with Crippen molar-refractivity contribution in [2.24, 2.45) is 0 Å². The predicted molar refractivity (Wildman–Crippen MR) is 101 cm³/mol. The van der Waals surface area contributed by atoms with Crippen molar-refractivity contribution in [2.45, 2.75) is 11.8 Å². The molecule has 0 saturated heterocycles. The number of hydrogen-bond donors (Lipinski definition) is 1. The maximum absolute atomic E-state index is 12.5. The van der Waals surface area contributed by atoms with E-state index in [-0.39, 0.29) is 20.5 Å². The molecule has 6 nitrogen and oxygen atoms in total. The summed E-state index contributed by atoms with van der Waals surface area (Å²) < 4.78 is 32.1. The van der Waals surface area contributed by atoms with Crippen LogP contribution >= 0.6 is 34.5 Å². The highest BCUT2D eigenvalue weighted by atomic mass is 35.5. The van der Waals surface area contributed by atoms with Gasteiger partial charge in [0.25, 0.3) is 5.91 Å². The number of sulfonamides is 1. The second-order valence-corrected chi connectivity index (χ2v) is 9.48. The van der Waals surface area contributed by atoms with Gasteiger partial charge in [-0.25, -0.2) is 12.7 Å². The van der Waals surface area contributed by atoms with E-state index in [0.29, 0.717) is 16.6 Å². The minimum atomic E-state index is -3.74. The largest absolute Gasteiger partial charge is 0.492 e. The standard InChI is InChI=1S/C15H16Cl2N2O4S2/c1-4-23-11-6-5-9(7-12(11)25(21,22)19(2)3)18-15(20)10-8-13(16)24-14(10)17/h5-8H,4H2,1-3H3,(H,18,20). The fourth-order valence-corrected chi connectivity index (χ4v) is 4.46. The maximum atomic E-state index is 12.5. The normalized spacial score (nSPS) is 11.6. The van der Waals surface area contributed by atoms with E-state index in [1.54, 1.807) is 13.0 Å². The number of ether oxygens (including phenoxy) is 1. The van der Waals surface area contributed by atoms with Gasteiger partial charge < -0.3 is 10.1 Å². The Balaban J connectivity index is 2.40. The Morgan fingerprint density at radius 2 is 1.96 bits per heavy atom. The molecule has 10 heteroatoms. The molecule has 1 heterocycles. The molecule has 2 aromatic rings. The highest BCUT2D eigenvalue weighted by molar-refractivity contribution is 7.89. The van der Waals surface area contributed by atoms with Gasteiger partial charge in [0.2, 0.25) is 10.0 Å². The molecule has 0 radical (unpaired) electrons. The second kappa shape index (κ2) is 7.92. The Morgan fingerprint density at radius 3 is 2.48 bits per heavy atom. The summed E-state index contributed by atoms with van der Waals surface area (Å²) in [6.45, 7) is 2.06. The van der Waals surface area contributed by atoms with Crippen molar-refractivity contribution in [1.82, 2.24) is 4.31 Å². The maximum Gasteiger partial charge on any atom is 0.258 e. The Hall–Kier alpha value is -1.32. The summed E-state index contributed by atoms with van der Waals surface area (Å²) in [5.41, 5.74) is 0.523. The van der Waals surface area contributed by atoms with E-state index in [9.17, 15) is 13.2 Å². The van der Waals surface area contributed by atoms with Crippen LogP contribution in [0.3, 0.4) is 0 Å². The molecule has 0 aliphatic heterocycles. The van der Waals surface area contributed by atoms with Gasteiger partial charge in [0.05, 0.1) is 16.5 Å². The van der Waals surface area contributed by atoms with Crippen LogP contribution in [0, 0.1) is 0 Å². The summed E-state index contributed by atoms with van der Waals surface area (Å²) in [6.07, 6.45) is 0. The molecule has 25 heavy (non-hydrogen) atoms. The topological polar surface area (TPSA) is 75.7 Å². The van der Waals surface area contributed by atoms with Crippen LogP contribution in [0.1, 0.15) is 17.3 Å². The zero-order valence-electron chi connectivity index (χ0n) is 13.7. The molecule has 0 fully saturated rings. The first-order valence-corrected chi connectivity index (χ1v) is 10.1. The molecule has 0 saturated carbocycles. The lowest BCUT2D eigenvalue weighted by Crippen LogP contribution is -2.23. The minimum Gasteiger partial charge on any atom is -0.492 e. The van der Waals surface area contributed by atoms with Gasteiger partial charge in [-0.2, -0.15) is 0 Å². The SMILES string of the molecule is CCOc1ccc(NC(=O)c2cc(Cl)sc2Cl)cc1S(=O)(=O)N(C)C. The summed E-state index contributed by atoms with van der Waals surface area (Å²) in [7, 11) is -0.905. The average Bonchev–Trinajstić information content (AvgIpc) is 2.87. The molecule has 1 aromatic heterocycles. The second-order valence-electron chi connectivity index (χ2n) is 5.07. The van der Waals surface area contributed by atoms with Gasteiger partial charge in [0.1, 0.15) is 15.0 Å². The van der Waals surface area contributed by atoms with Gasteiger partial charge in [0.15, 0.2) is 0 Å². The summed E-state index contributed by atoms with van der Waals surface area (Å²) in [5.74, 6) is -0.267. The lowest BCUT2D eigenvalue weighted by molar-refractivity contribution is 0.102. The van der Waals surface area contributed by atoms with Crippen molar-refractivity contribution in [3.8, 4) is 5.75 Å². The van der Waals surface area contributed by atoms with Crippen molar-refractivity contribution in [3.63, 3.8) is 0 Å². The van der Waals surface area contributed by atoms with Crippen LogP contribution < -0.4 is 10.1 Å². The Kier molecular flexibility index (Phi) is 6.34. The smallest absolute Gasteiger partial charge is 0.258 e. The van der Waals surface area contributed by atoms with E-state index in [4.69, 9.17) is 27.9 Å². The molecular formula is C15H16Cl2N2O4S2. The Morgan fingerprint density at radius 1 is 1.28 bits per heavy atom.